The molecule has 1 spiro atoms. The molecule has 126 valence electrons. The molecule has 0 radical (unpaired) electrons. The van der Waals surface area contributed by atoms with Crippen LogP contribution in [0.4, 0.5) is 0 Å². The number of aromatic nitrogens is 1. The van der Waals surface area contributed by atoms with Crippen molar-refractivity contribution < 1.29 is 4.79 Å². The largest absolute Gasteiger partial charge is 0.352 e. The minimum atomic E-state index is 0.220. The highest BCUT2D eigenvalue weighted by Gasteiger charge is 2.58. The van der Waals surface area contributed by atoms with E-state index < -0.39 is 0 Å². The Hall–Kier alpha value is -1.72. The standard InChI is InChI=1S/C19H23N3OS/c23-18(21-12-15-2-1-6-20-11-15)17-10-19(17)4-7-22(8-5-19)13-16-3-9-24-14-16/h1-3,6,9,11,14,17H,4-5,7-8,10,12-13H2,(H,21,23). The van der Waals surface area contributed by atoms with Crippen LogP contribution in [0.25, 0.3) is 0 Å². The van der Waals surface area contributed by atoms with E-state index in [0.29, 0.717) is 6.54 Å². The molecule has 24 heavy (non-hydrogen) atoms. The fraction of sp³-hybridized carbons (Fsp3) is 0.474. The molecule has 2 aromatic rings. The number of thiophene rings is 1. The third-order valence-electron chi connectivity index (χ3n) is 5.53. The molecule has 4 rings (SSSR count). The van der Waals surface area contributed by atoms with Crippen molar-refractivity contribution in [3.8, 4) is 0 Å². The lowest BCUT2D eigenvalue weighted by atomic mass is 9.90. The van der Waals surface area contributed by atoms with Crippen LogP contribution in [-0.2, 0) is 17.9 Å². The van der Waals surface area contributed by atoms with Crippen molar-refractivity contribution in [1.29, 1.82) is 0 Å². The van der Waals surface area contributed by atoms with Crippen molar-refractivity contribution in [3.05, 3.63) is 52.5 Å². The van der Waals surface area contributed by atoms with Crippen LogP contribution >= 0.6 is 11.3 Å². The van der Waals surface area contributed by atoms with E-state index >= 15 is 0 Å². The zero-order valence-corrected chi connectivity index (χ0v) is 14.6. The lowest BCUT2D eigenvalue weighted by Crippen LogP contribution is -2.36. The summed E-state index contributed by atoms with van der Waals surface area (Å²) in [5.74, 6) is 0.447. The van der Waals surface area contributed by atoms with Crippen molar-refractivity contribution in [2.75, 3.05) is 13.1 Å². The Bertz CT molecular complexity index is 678. The molecular weight excluding hydrogens is 318 g/mol. The first-order chi connectivity index (χ1) is 11.8. The topological polar surface area (TPSA) is 45.2 Å². The van der Waals surface area contributed by atoms with E-state index in [2.05, 4.69) is 32.0 Å². The minimum Gasteiger partial charge on any atom is -0.352 e. The molecule has 5 heteroatoms. The Balaban J connectivity index is 1.25. The highest BCUT2D eigenvalue weighted by Crippen LogP contribution is 2.59. The smallest absolute Gasteiger partial charge is 0.223 e. The van der Waals surface area contributed by atoms with Crippen molar-refractivity contribution in [2.24, 2.45) is 11.3 Å². The zero-order chi connectivity index (χ0) is 16.4. The number of pyridine rings is 1. The van der Waals surface area contributed by atoms with E-state index in [1.54, 1.807) is 17.5 Å². The molecule has 1 unspecified atom stereocenters. The molecule has 2 fully saturated rings. The van der Waals surface area contributed by atoms with Gasteiger partial charge in [0.2, 0.25) is 5.91 Å². The van der Waals surface area contributed by atoms with Gasteiger partial charge in [-0.3, -0.25) is 14.7 Å². The van der Waals surface area contributed by atoms with Gasteiger partial charge in [-0.05, 0) is 71.8 Å². The Labute approximate surface area is 146 Å². The van der Waals surface area contributed by atoms with E-state index in [-0.39, 0.29) is 17.2 Å². The molecule has 1 aliphatic carbocycles. The third kappa shape index (κ3) is 3.37. The van der Waals surface area contributed by atoms with Gasteiger partial charge in [-0.1, -0.05) is 6.07 Å². The van der Waals surface area contributed by atoms with E-state index in [1.807, 2.05) is 18.3 Å². The second-order valence-electron chi connectivity index (χ2n) is 7.11. The number of nitrogens with zero attached hydrogens (tertiary/aromatic N) is 2. The number of hydrogen-bond acceptors (Lipinski definition) is 4. The fourth-order valence-corrected chi connectivity index (χ4v) is 4.54. The number of piperidine rings is 1. The Morgan fingerprint density at radius 2 is 2.21 bits per heavy atom. The van der Waals surface area contributed by atoms with Crippen LogP contribution in [0.3, 0.4) is 0 Å². The van der Waals surface area contributed by atoms with Gasteiger partial charge in [-0.25, -0.2) is 0 Å². The molecule has 1 N–H and O–H groups in total. The summed E-state index contributed by atoms with van der Waals surface area (Å²) in [6.07, 6.45) is 6.94. The van der Waals surface area contributed by atoms with E-state index in [4.69, 9.17) is 0 Å². The maximum atomic E-state index is 12.4. The summed E-state index contributed by atoms with van der Waals surface area (Å²) in [6, 6.07) is 6.11. The summed E-state index contributed by atoms with van der Waals surface area (Å²) in [6.45, 7) is 3.87. The Morgan fingerprint density at radius 1 is 1.33 bits per heavy atom. The van der Waals surface area contributed by atoms with E-state index in [0.717, 1.165) is 44.5 Å². The summed E-state index contributed by atoms with van der Waals surface area (Å²) in [7, 11) is 0. The predicted molar refractivity (Wildman–Crippen MR) is 95.5 cm³/mol. The van der Waals surface area contributed by atoms with Crippen molar-refractivity contribution in [1.82, 2.24) is 15.2 Å². The number of rotatable bonds is 5. The van der Waals surface area contributed by atoms with Gasteiger partial charge in [0.25, 0.3) is 0 Å². The maximum Gasteiger partial charge on any atom is 0.223 e. The first kappa shape index (κ1) is 15.8. The summed E-state index contributed by atoms with van der Waals surface area (Å²) >= 11 is 1.76. The molecule has 1 saturated carbocycles. The second-order valence-corrected chi connectivity index (χ2v) is 7.89. The number of carbonyl (C=O) groups excluding carboxylic acids is 1. The quantitative estimate of drug-likeness (QED) is 0.909. The monoisotopic (exact) mass is 341 g/mol. The van der Waals surface area contributed by atoms with Crippen molar-refractivity contribution >= 4 is 17.2 Å². The molecule has 2 aromatic heterocycles. The second kappa shape index (κ2) is 6.65. The predicted octanol–water partition coefficient (Wildman–Crippen LogP) is 3.06. The van der Waals surface area contributed by atoms with Crippen LogP contribution in [0.5, 0.6) is 0 Å². The van der Waals surface area contributed by atoms with Crippen LogP contribution in [-0.4, -0.2) is 28.9 Å². The first-order valence-electron chi connectivity index (χ1n) is 8.65. The summed E-state index contributed by atoms with van der Waals surface area (Å²) < 4.78 is 0. The Morgan fingerprint density at radius 3 is 2.92 bits per heavy atom. The van der Waals surface area contributed by atoms with E-state index in [1.165, 1.54) is 5.56 Å². The van der Waals surface area contributed by atoms with Crippen molar-refractivity contribution in [3.63, 3.8) is 0 Å². The number of amides is 1. The number of nitrogens with one attached hydrogen (secondary N) is 1. The van der Waals surface area contributed by atoms with Gasteiger partial charge in [0.15, 0.2) is 0 Å². The Kier molecular flexibility index (Phi) is 4.37. The van der Waals surface area contributed by atoms with Crippen LogP contribution in [0.1, 0.15) is 30.4 Å². The van der Waals surface area contributed by atoms with Crippen LogP contribution < -0.4 is 5.32 Å². The van der Waals surface area contributed by atoms with Gasteiger partial charge in [0.1, 0.15) is 0 Å². The summed E-state index contributed by atoms with van der Waals surface area (Å²) in [5.41, 5.74) is 2.76. The molecule has 0 aromatic carbocycles. The maximum absolute atomic E-state index is 12.4. The van der Waals surface area contributed by atoms with Crippen LogP contribution in [0, 0.1) is 11.3 Å². The average Bonchev–Trinajstić information content (AvgIpc) is 3.07. The minimum absolute atomic E-state index is 0.220. The molecule has 1 aliphatic heterocycles. The number of carbonyl (C=O) groups is 1. The normalized spacial score (nSPS) is 22.4. The van der Waals surface area contributed by atoms with Gasteiger partial charge in [-0.15, -0.1) is 0 Å². The average molecular weight is 341 g/mol. The van der Waals surface area contributed by atoms with Crippen LogP contribution in [0.15, 0.2) is 41.4 Å². The highest BCUT2D eigenvalue weighted by molar-refractivity contribution is 7.07. The number of hydrogen-bond donors (Lipinski definition) is 1. The molecule has 3 heterocycles. The van der Waals surface area contributed by atoms with Gasteiger partial charge in [0, 0.05) is 31.4 Å². The van der Waals surface area contributed by atoms with E-state index in [9.17, 15) is 4.79 Å². The SMILES string of the molecule is O=C(NCc1cccnc1)C1CC12CCN(Cc1ccsc1)CC2. The highest BCUT2D eigenvalue weighted by atomic mass is 32.1. The molecule has 1 saturated heterocycles. The van der Waals surface area contributed by atoms with Gasteiger partial charge in [-0.2, -0.15) is 11.3 Å². The molecule has 1 atom stereocenters. The summed E-state index contributed by atoms with van der Waals surface area (Å²) in [5, 5.41) is 7.46. The lowest BCUT2D eigenvalue weighted by Gasteiger charge is -2.32. The van der Waals surface area contributed by atoms with Gasteiger partial charge >= 0.3 is 0 Å². The fourth-order valence-electron chi connectivity index (χ4n) is 3.88. The summed E-state index contributed by atoms with van der Waals surface area (Å²) in [4.78, 5) is 19.1. The molecule has 0 bridgehead atoms. The number of likely N-dealkylation sites (tertiary alicyclic amines) is 1. The molecule has 4 nitrogen and oxygen atoms in total. The lowest BCUT2D eigenvalue weighted by molar-refractivity contribution is -0.123. The van der Waals surface area contributed by atoms with Gasteiger partial charge in [0.05, 0.1) is 0 Å². The van der Waals surface area contributed by atoms with Crippen molar-refractivity contribution in [2.45, 2.75) is 32.4 Å². The first-order valence-corrected chi connectivity index (χ1v) is 9.60. The molecule has 1 amide bonds. The zero-order valence-electron chi connectivity index (χ0n) is 13.8. The van der Waals surface area contributed by atoms with Crippen LogP contribution in [0.2, 0.25) is 0 Å². The molecule has 2 aliphatic rings. The molecular formula is C19H23N3OS. The third-order valence-corrected chi connectivity index (χ3v) is 6.27. The van der Waals surface area contributed by atoms with Gasteiger partial charge < -0.3 is 5.32 Å².